The van der Waals surface area contributed by atoms with E-state index in [1.165, 1.54) is 4.88 Å². The Morgan fingerprint density at radius 3 is 2.44 bits per heavy atom. The third-order valence-electron chi connectivity index (χ3n) is 4.75. The number of ether oxygens (including phenoxy) is 1. The first-order valence-electron chi connectivity index (χ1n) is 8.22. The summed E-state index contributed by atoms with van der Waals surface area (Å²) >= 11 is 7.60. The number of halogens is 3. The summed E-state index contributed by atoms with van der Waals surface area (Å²) < 4.78 is 6.18. The Balaban J connectivity index is 0.00000156. The van der Waals surface area contributed by atoms with Gasteiger partial charge in [0.05, 0.1) is 10.4 Å². The Kier molecular flexibility index (Phi) is 10.0. The van der Waals surface area contributed by atoms with E-state index in [4.69, 9.17) is 22.1 Å². The molecule has 1 aromatic rings. The summed E-state index contributed by atoms with van der Waals surface area (Å²) in [4.78, 5) is 18.2. The number of carbonyl (C=O) groups excluding carboxylic acids is 1. The van der Waals surface area contributed by atoms with Crippen LogP contribution in [-0.4, -0.2) is 61.1 Å². The molecular weight excluding hydrogens is 405 g/mol. The molecule has 2 aliphatic heterocycles. The highest BCUT2D eigenvalue weighted by Crippen LogP contribution is 2.23. The Hall–Kier alpha value is -0.0800. The van der Waals surface area contributed by atoms with Crippen molar-refractivity contribution < 1.29 is 9.53 Å². The lowest BCUT2D eigenvalue weighted by molar-refractivity contribution is -0.136. The van der Waals surface area contributed by atoms with Gasteiger partial charge in [0, 0.05) is 50.8 Å². The highest BCUT2D eigenvalue weighted by atomic mass is 35.5. The van der Waals surface area contributed by atoms with Gasteiger partial charge in [-0.15, -0.1) is 36.2 Å². The molecule has 0 aromatic carbocycles. The molecule has 3 rings (SSSR count). The van der Waals surface area contributed by atoms with Crippen LogP contribution in [0.1, 0.15) is 17.7 Å². The van der Waals surface area contributed by atoms with Crippen LogP contribution in [0.25, 0.3) is 0 Å². The van der Waals surface area contributed by atoms with Gasteiger partial charge in [-0.25, -0.2) is 0 Å². The van der Waals surface area contributed by atoms with Crippen molar-refractivity contribution in [2.75, 3.05) is 39.4 Å². The van der Waals surface area contributed by atoms with Crippen LogP contribution >= 0.6 is 47.8 Å². The summed E-state index contributed by atoms with van der Waals surface area (Å²) in [6.07, 6.45) is 1.79. The zero-order valence-corrected chi connectivity index (χ0v) is 17.3. The molecule has 1 aromatic heterocycles. The second-order valence-electron chi connectivity index (χ2n) is 6.28. The van der Waals surface area contributed by atoms with Crippen LogP contribution in [0.4, 0.5) is 0 Å². The Bertz CT molecular complexity index is 532. The largest absolute Gasteiger partial charge is 0.381 e. The first-order valence-corrected chi connectivity index (χ1v) is 9.41. The van der Waals surface area contributed by atoms with E-state index in [0.29, 0.717) is 0 Å². The van der Waals surface area contributed by atoms with Gasteiger partial charge in [0.15, 0.2) is 0 Å². The van der Waals surface area contributed by atoms with Crippen molar-refractivity contribution in [1.29, 1.82) is 0 Å². The maximum atomic E-state index is 12.6. The summed E-state index contributed by atoms with van der Waals surface area (Å²) in [6.45, 7) is 5.66. The van der Waals surface area contributed by atoms with Gasteiger partial charge in [-0.2, -0.15) is 0 Å². The molecule has 1 amide bonds. The maximum absolute atomic E-state index is 12.6. The molecular formula is C16H26Cl3N3O2S. The van der Waals surface area contributed by atoms with E-state index in [1.54, 1.807) is 11.3 Å². The van der Waals surface area contributed by atoms with Crippen LogP contribution in [0.15, 0.2) is 12.1 Å². The van der Waals surface area contributed by atoms with Crippen molar-refractivity contribution in [2.24, 2.45) is 11.7 Å². The van der Waals surface area contributed by atoms with E-state index in [1.807, 2.05) is 11.0 Å². The summed E-state index contributed by atoms with van der Waals surface area (Å²) in [7, 11) is 0. The molecule has 1 atom stereocenters. The van der Waals surface area contributed by atoms with Crippen LogP contribution in [-0.2, 0) is 16.1 Å². The van der Waals surface area contributed by atoms with E-state index in [0.717, 1.165) is 63.1 Å². The molecule has 2 fully saturated rings. The predicted molar refractivity (Wildman–Crippen MR) is 107 cm³/mol. The van der Waals surface area contributed by atoms with Gasteiger partial charge >= 0.3 is 0 Å². The average Bonchev–Trinajstić information content (AvgIpc) is 3.00. The van der Waals surface area contributed by atoms with E-state index >= 15 is 0 Å². The van der Waals surface area contributed by atoms with E-state index in [2.05, 4.69) is 11.0 Å². The van der Waals surface area contributed by atoms with E-state index in [-0.39, 0.29) is 42.7 Å². The molecule has 0 radical (unpaired) electrons. The minimum Gasteiger partial charge on any atom is -0.381 e. The first kappa shape index (κ1) is 23.0. The van der Waals surface area contributed by atoms with Crippen LogP contribution < -0.4 is 5.73 Å². The number of nitrogens with zero attached hydrogens (tertiary/aromatic N) is 2. The number of thiophene rings is 1. The molecule has 0 spiro atoms. The lowest BCUT2D eigenvalue weighted by atomic mass is 9.91. The zero-order chi connectivity index (χ0) is 16.2. The van der Waals surface area contributed by atoms with Gasteiger partial charge in [0.1, 0.15) is 0 Å². The average molecular weight is 431 g/mol. The monoisotopic (exact) mass is 429 g/mol. The Morgan fingerprint density at radius 2 is 1.88 bits per heavy atom. The highest BCUT2D eigenvalue weighted by molar-refractivity contribution is 7.16. The fraction of sp³-hybridized carbons (Fsp3) is 0.688. The molecule has 9 heteroatoms. The summed E-state index contributed by atoms with van der Waals surface area (Å²) in [6, 6.07) is 3.64. The van der Waals surface area contributed by atoms with Gasteiger partial charge in [0.2, 0.25) is 5.91 Å². The van der Waals surface area contributed by atoms with Crippen molar-refractivity contribution in [3.05, 3.63) is 21.3 Å². The minimum atomic E-state index is -0.374. The van der Waals surface area contributed by atoms with Gasteiger partial charge < -0.3 is 15.4 Å². The van der Waals surface area contributed by atoms with Crippen molar-refractivity contribution in [3.63, 3.8) is 0 Å². The summed E-state index contributed by atoms with van der Waals surface area (Å²) in [5.74, 6) is 0.373. The number of nitrogens with two attached hydrogens (primary N) is 1. The van der Waals surface area contributed by atoms with Gasteiger partial charge in [-0.3, -0.25) is 9.69 Å². The summed E-state index contributed by atoms with van der Waals surface area (Å²) in [5.41, 5.74) is 6.21. The number of rotatable bonds is 4. The number of hydrogen-bond donors (Lipinski definition) is 1. The smallest absolute Gasteiger partial charge is 0.239 e. The van der Waals surface area contributed by atoms with Gasteiger partial charge in [0.25, 0.3) is 0 Å². The fourth-order valence-electron chi connectivity index (χ4n) is 3.27. The Labute approximate surface area is 170 Å². The molecule has 0 saturated carbocycles. The third-order valence-corrected chi connectivity index (χ3v) is 5.97. The third kappa shape index (κ3) is 6.24. The molecule has 5 nitrogen and oxygen atoms in total. The van der Waals surface area contributed by atoms with Crippen LogP contribution in [0.5, 0.6) is 0 Å². The number of carbonyl (C=O) groups is 1. The SMILES string of the molecule is Cl.Cl.NC(C(=O)N1CCN(Cc2ccc(Cl)s2)CC1)C1CCOCC1. The molecule has 2 N–H and O–H groups in total. The van der Waals surface area contributed by atoms with Gasteiger partial charge in [-0.05, 0) is 30.9 Å². The zero-order valence-electron chi connectivity index (χ0n) is 14.1. The summed E-state index contributed by atoms with van der Waals surface area (Å²) in [5, 5.41) is 0. The molecule has 2 saturated heterocycles. The molecule has 0 bridgehead atoms. The normalized spacial score (nSPS) is 20.5. The number of hydrogen-bond acceptors (Lipinski definition) is 5. The molecule has 2 aliphatic rings. The Morgan fingerprint density at radius 1 is 1.24 bits per heavy atom. The topological polar surface area (TPSA) is 58.8 Å². The van der Waals surface area contributed by atoms with Crippen LogP contribution in [0.3, 0.4) is 0 Å². The molecule has 0 aliphatic carbocycles. The molecule has 1 unspecified atom stereocenters. The minimum absolute atomic E-state index is 0. The van der Waals surface area contributed by atoms with Crippen molar-refractivity contribution in [2.45, 2.75) is 25.4 Å². The van der Waals surface area contributed by atoms with E-state index in [9.17, 15) is 4.79 Å². The van der Waals surface area contributed by atoms with Crippen molar-refractivity contribution >= 4 is 53.7 Å². The second kappa shape index (κ2) is 10.9. The lowest BCUT2D eigenvalue weighted by Gasteiger charge is -2.37. The number of amides is 1. The highest BCUT2D eigenvalue weighted by Gasteiger charge is 2.31. The number of piperazine rings is 1. The van der Waals surface area contributed by atoms with E-state index < -0.39 is 0 Å². The van der Waals surface area contributed by atoms with Crippen LogP contribution in [0.2, 0.25) is 4.34 Å². The molecule has 3 heterocycles. The molecule has 25 heavy (non-hydrogen) atoms. The standard InChI is InChI=1S/C16H24ClN3O2S.2ClH/c17-14-2-1-13(23-14)11-19-5-7-20(8-6-19)16(21)15(18)12-3-9-22-10-4-12;;/h1-2,12,15H,3-11,18H2;2*1H. The fourth-order valence-corrected chi connectivity index (χ4v) is 4.40. The van der Waals surface area contributed by atoms with Crippen LogP contribution in [0, 0.1) is 5.92 Å². The first-order chi connectivity index (χ1) is 11.1. The quantitative estimate of drug-likeness (QED) is 0.798. The predicted octanol–water partition coefficient (Wildman–Crippen LogP) is 2.64. The second-order valence-corrected chi connectivity index (χ2v) is 8.08. The van der Waals surface area contributed by atoms with Crippen molar-refractivity contribution in [3.8, 4) is 0 Å². The van der Waals surface area contributed by atoms with Gasteiger partial charge in [-0.1, -0.05) is 11.6 Å². The van der Waals surface area contributed by atoms with Crippen molar-refractivity contribution in [1.82, 2.24) is 9.80 Å². The maximum Gasteiger partial charge on any atom is 0.239 e. The molecule has 144 valence electrons. The lowest BCUT2D eigenvalue weighted by Crippen LogP contribution is -2.55.